The molecule has 0 atom stereocenters. The van der Waals surface area contributed by atoms with Gasteiger partial charge in [-0.25, -0.2) is 4.98 Å². The topological polar surface area (TPSA) is 62.6 Å². The first-order chi connectivity index (χ1) is 15.5. The van der Waals surface area contributed by atoms with E-state index in [9.17, 15) is 4.79 Å². The minimum absolute atomic E-state index is 0.0274. The predicted molar refractivity (Wildman–Crippen MR) is 128 cm³/mol. The molecule has 1 aliphatic heterocycles. The fourth-order valence-corrected chi connectivity index (χ4v) is 4.11. The molecule has 0 saturated carbocycles. The lowest BCUT2D eigenvalue weighted by Gasteiger charge is -2.32. The van der Waals surface area contributed by atoms with Crippen molar-refractivity contribution in [1.29, 1.82) is 0 Å². The number of nitrogens with zero attached hydrogens (tertiary/aromatic N) is 4. The number of nitrogens with one attached hydrogen (secondary N) is 1. The Kier molecular flexibility index (Phi) is 7.07. The second-order valence-electron chi connectivity index (χ2n) is 8.62. The van der Waals surface area contributed by atoms with Crippen LogP contribution < -0.4 is 10.1 Å². The van der Waals surface area contributed by atoms with E-state index in [1.807, 2.05) is 43.3 Å². The van der Waals surface area contributed by atoms with Crippen LogP contribution in [0.1, 0.15) is 24.7 Å². The Bertz CT molecular complexity index is 1070. The number of amides is 1. The highest BCUT2D eigenvalue weighted by Crippen LogP contribution is 2.22. The van der Waals surface area contributed by atoms with Crippen molar-refractivity contribution >= 4 is 22.6 Å². The van der Waals surface area contributed by atoms with Crippen LogP contribution in [0.5, 0.6) is 5.75 Å². The van der Waals surface area contributed by atoms with Gasteiger partial charge in [-0.05, 0) is 56.3 Å². The fourth-order valence-electron chi connectivity index (χ4n) is 4.11. The SMILES string of the molecule is CCCn1c(CN2CCN(C)CC2)nc2cc(NC(=O)COc3cccc(C)c3)ccc21. The van der Waals surface area contributed by atoms with E-state index in [0.29, 0.717) is 5.75 Å². The lowest BCUT2D eigenvalue weighted by molar-refractivity contribution is -0.118. The van der Waals surface area contributed by atoms with Gasteiger partial charge in [0.2, 0.25) is 0 Å². The van der Waals surface area contributed by atoms with Gasteiger partial charge in [0, 0.05) is 38.4 Å². The Morgan fingerprint density at radius 1 is 1.12 bits per heavy atom. The average molecular weight is 436 g/mol. The summed E-state index contributed by atoms with van der Waals surface area (Å²) < 4.78 is 7.93. The number of fused-ring (bicyclic) bond motifs is 1. The highest BCUT2D eigenvalue weighted by atomic mass is 16.5. The van der Waals surface area contributed by atoms with Crippen LogP contribution in [-0.2, 0) is 17.9 Å². The Labute approximate surface area is 190 Å². The maximum atomic E-state index is 12.4. The van der Waals surface area contributed by atoms with Crippen LogP contribution in [0, 0.1) is 6.92 Å². The Hall–Kier alpha value is -2.90. The molecule has 0 aliphatic carbocycles. The van der Waals surface area contributed by atoms with Crippen molar-refractivity contribution < 1.29 is 9.53 Å². The molecule has 32 heavy (non-hydrogen) atoms. The molecule has 3 aromatic rings. The number of rotatable bonds is 8. The molecule has 1 amide bonds. The van der Waals surface area contributed by atoms with Gasteiger partial charge >= 0.3 is 0 Å². The van der Waals surface area contributed by atoms with Crippen LogP contribution >= 0.6 is 0 Å². The highest BCUT2D eigenvalue weighted by Gasteiger charge is 2.18. The molecule has 2 heterocycles. The van der Waals surface area contributed by atoms with Gasteiger partial charge in [0.05, 0.1) is 17.6 Å². The van der Waals surface area contributed by atoms with Gasteiger partial charge in [0.15, 0.2) is 6.61 Å². The average Bonchev–Trinajstić information content (AvgIpc) is 3.10. The van der Waals surface area contributed by atoms with Crippen LogP contribution in [0.15, 0.2) is 42.5 Å². The van der Waals surface area contributed by atoms with Gasteiger partial charge in [-0.15, -0.1) is 0 Å². The van der Waals surface area contributed by atoms with E-state index >= 15 is 0 Å². The molecule has 1 N–H and O–H groups in total. The zero-order valence-electron chi connectivity index (χ0n) is 19.3. The number of anilines is 1. The quantitative estimate of drug-likeness (QED) is 0.587. The van der Waals surface area contributed by atoms with Crippen LogP contribution in [0.4, 0.5) is 5.69 Å². The molecule has 1 fully saturated rings. The van der Waals surface area contributed by atoms with E-state index < -0.39 is 0 Å². The third kappa shape index (κ3) is 5.47. The molecule has 0 spiro atoms. The molecular weight excluding hydrogens is 402 g/mol. The summed E-state index contributed by atoms with van der Waals surface area (Å²) in [4.78, 5) is 22.2. The van der Waals surface area contributed by atoms with Gasteiger partial charge in [-0.3, -0.25) is 9.69 Å². The number of benzene rings is 2. The van der Waals surface area contributed by atoms with Gasteiger partial charge in [0.1, 0.15) is 11.6 Å². The zero-order chi connectivity index (χ0) is 22.5. The smallest absolute Gasteiger partial charge is 0.262 e. The normalized spacial score (nSPS) is 15.2. The predicted octanol–water partition coefficient (Wildman–Crippen LogP) is 3.52. The minimum Gasteiger partial charge on any atom is -0.484 e. The number of imidazole rings is 1. The number of likely N-dealkylation sites (N-methyl/N-ethyl adjacent to an activating group) is 1. The van der Waals surface area contributed by atoms with Gasteiger partial charge < -0.3 is 19.5 Å². The number of piperazine rings is 1. The maximum absolute atomic E-state index is 12.4. The number of aryl methyl sites for hydroxylation is 2. The summed E-state index contributed by atoms with van der Waals surface area (Å²) in [6, 6.07) is 13.7. The van der Waals surface area contributed by atoms with Crippen molar-refractivity contribution in [1.82, 2.24) is 19.4 Å². The first-order valence-electron chi connectivity index (χ1n) is 11.4. The largest absolute Gasteiger partial charge is 0.484 e. The molecule has 0 unspecified atom stereocenters. The van der Waals surface area contributed by atoms with Gasteiger partial charge in [-0.1, -0.05) is 19.1 Å². The molecule has 170 valence electrons. The lowest BCUT2D eigenvalue weighted by Crippen LogP contribution is -2.44. The van der Waals surface area contributed by atoms with Crippen molar-refractivity contribution in [2.75, 3.05) is 45.2 Å². The maximum Gasteiger partial charge on any atom is 0.262 e. The minimum atomic E-state index is -0.184. The summed E-state index contributed by atoms with van der Waals surface area (Å²) in [6.07, 6.45) is 1.05. The van der Waals surface area contributed by atoms with Crippen molar-refractivity contribution in [2.45, 2.75) is 33.4 Å². The Morgan fingerprint density at radius 3 is 2.69 bits per heavy atom. The van der Waals surface area contributed by atoms with Gasteiger partial charge in [-0.2, -0.15) is 0 Å². The molecule has 0 radical (unpaired) electrons. The molecule has 2 aromatic carbocycles. The summed E-state index contributed by atoms with van der Waals surface area (Å²) in [7, 11) is 2.17. The number of hydrogen-bond acceptors (Lipinski definition) is 5. The summed E-state index contributed by atoms with van der Waals surface area (Å²) in [6.45, 7) is 10.3. The van der Waals surface area contributed by atoms with Crippen molar-refractivity contribution in [2.24, 2.45) is 0 Å². The molecule has 0 bridgehead atoms. The second kappa shape index (κ2) is 10.1. The summed E-state index contributed by atoms with van der Waals surface area (Å²) >= 11 is 0. The van der Waals surface area contributed by atoms with E-state index in [0.717, 1.165) is 73.8 Å². The zero-order valence-corrected chi connectivity index (χ0v) is 19.3. The molecule has 7 heteroatoms. The Morgan fingerprint density at radius 2 is 1.94 bits per heavy atom. The molecule has 1 aliphatic rings. The van der Waals surface area contributed by atoms with E-state index in [1.54, 1.807) is 0 Å². The fraction of sp³-hybridized carbons (Fsp3) is 0.440. The highest BCUT2D eigenvalue weighted by molar-refractivity contribution is 5.94. The summed E-state index contributed by atoms with van der Waals surface area (Å²) in [5, 5.41) is 2.94. The molecular formula is C25H33N5O2. The van der Waals surface area contributed by atoms with E-state index in [-0.39, 0.29) is 12.5 Å². The second-order valence-corrected chi connectivity index (χ2v) is 8.62. The van der Waals surface area contributed by atoms with E-state index in [1.165, 1.54) is 0 Å². The van der Waals surface area contributed by atoms with Crippen LogP contribution in [0.25, 0.3) is 11.0 Å². The molecule has 4 rings (SSSR count). The Balaban J connectivity index is 1.45. The van der Waals surface area contributed by atoms with Crippen molar-refractivity contribution in [3.63, 3.8) is 0 Å². The van der Waals surface area contributed by atoms with Crippen LogP contribution in [0.3, 0.4) is 0 Å². The number of ether oxygens (including phenoxy) is 1. The monoisotopic (exact) mass is 435 g/mol. The summed E-state index contributed by atoms with van der Waals surface area (Å²) in [5.74, 6) is 1.61. The molecule has 7 nitrogen and oxygen atoms in total. The first kappa shape index (κ1) is 22.3. The molecule has 1 saturated heterocycles. The van der Waals surface area contributed by atoms with E-state index in [2.05, 4.69) is 39.7 Å². The number of carbonyl (C=O) groups is 1. The number of hydrogen-bond donors (Lipinski definition) is 1. The number of aromatic nitrogens is 2. The first-order valence-corrected chi connectivity index (χ1v) is 11.4. The van der Waals surface area contributed by atoms with Crippen LogP contribution in [-0.4, -0.2) is 65.1 Å². The van der Waals surface area contributed by atoms with Crippen molar-refractivity contribution in [3.05, 3.63) is 53.9 Å². The summed E-state index contributed by atoms with van der Waals surface area (Å²) in [5.41, 5.74) is 3.87. The molecule has 1 aromatic heterocycles. The van der Waals surface area contributed by atoms with Crippen LogP contribution in [0.2, 0.25) is 0 Å². The lowest BCUT2D eigenvalue weighted by atomic mass is 10.2. The third-order valence-corrected chi connectivity index (χ3v) is 5.88. The van der Waals surface area contributed by atoms with Crippen molar-refractivity contribution in [3.8, 4) is 5.75 Å². The third-order valence-electron chi connectivity index (χ3n) is 5.88. The number of carbonyl (C=O) groups excluding carboxylic acids is 1. The van der Waals surface area contributed by atoms with Gasteiger partial charge in [0.25, 0.3) is 5.91 Å². The van der Waals surface area contributed by atoms with E-state index in [4.69, 9.17) is 9.72 Å². The standard InChI is InChI=1S/C25H33N5O2/c1-4-10-30-23-9-8-20(26-25(31)18-32-21-7-5-6-19(2)15-21)16-22(23)27-24(30)17-29-13-11-28(3)12-14-29/h5-9,15-16H,4,10-14,17-18H2,1-3H3,(H,26,31).